The zero-order valence-electron chi connectivity index (χ0n) is 11.8. The smallest absolute Gasteiger partial charge is 0.123 e. The van der Waals surface area contributed by atoms with Crippen molar-refractivity contribution in [3.05, 3.63) is 54.1 Å². The van der Waals surface area contributed by atoms with Crippen LogP contribution in [0.15, 0.2) is 37.4 Å². The van der Waals surface area contributed by atoms with E-state index in [1.807, 2.05) is 24.3 Å². The third-order valence-electron chi connectivity index (χ3n) is 2.83. The molecule has 1 nitrogen and oxygen atoms in total. The second-order valence-electron chi connectivity index (χ2n) is 5.19. The molecule has 0 bridgehead atoms. The molecular weight excluding hydrogens is 220 g/mol. The van der Waals surface area contributed by atoms with Gasteiger partial charge in [0, 0.05) is 5.56 Å². The van der Waals surface area contributed by atoms with Crippen LogP contribution < -0.4 is 4.74 Å². The maximum absolute atomic E-state index is 5.50. The van der Waals surface area contributed by atoms with Crippen LogP contribution in [-0.2, 0) is 5.41 Å². The van der Waals surface area contributed by atoms with Gasteiger partial charge in [-0.2, -0.15) is 0 Å². The van der Waals surface area contributed by atoms with E-state index in [1.165, 1.54) is 5.56 Å². The summed E-state index contributed by atoms with van der Waals surface area (Å²) >= 11 is 0. The number of hydrogen-bond acceptors (Lipinski definition) is 1. The molecule has 0 aliphatic carbocycles. The predicted molar refractivity (Wildman–Crippen MR) is 81.0 cm³/mol. The zero-order valence-corrected chi connectivity index (χ0v) is 11.8. The Hall–Kier alpha value is -1.76. The fourth-order valence-electron chi connectivity index (χ4n) is 2.08. The van der Waals surface area contributed by atoms with Crippen molar-refractivity contribution in [2.45, 2.75) is 26.2 Å². The third kappa shape index (κ3) is 2.92. The van der Waals surface area contributed by atoms with Crippen LogP contribution in [0.2, 0.25) is 0 Å². The minimum Gasteiger partial charge on any atom is -0.496 e. The fraction of sp³-hybridized carbons (Fsp3) is 0.294. The first kappa shape index (κ1) is 14.3. The number of rotatable bonds is 4. The van der Waals surface area contributed by atoms with Gasteiger partial charge in [0.2, 0.25) is 0 Å². The first-order valence-electron chi connectivity index (χ1n) is 6.08. The lowest BCUT2D eigenvalue weighted by Gasteiger charge is -2.25. The Morgan fingerprint density at radius 1 is 1.17 bits per heavy atom. The van der Waals surface area contributed by atoms with Crippen LogP contribution in [0.25, 0.3) is 12.2 Å². The molecule has 0 spiro atoms. The van der Waals surface area contributed by atoms with Gasteiger partial charge < -0.3 is 4.74 Å². The van der Waals surface area contributed by atoms with E-state index >= 15 is 0 Å². The number of hydrogen-bond donors (Lipinski definition) is 0. The summed E-state index contributed by atoms with van der Waals surface area (Å²) in [5.74, 6) is 0.914. The summed E-state index contributed by atoms with van der Waals surface area (Å²) in [6, 6.07) is 4.03. The van der Waals surface area contributed by atoms with Gasteiger partial charge >= 0.3 is 0 Å². The van der Waals surface area contributed by atoms with Crippen molar-refractivity contribution in [2.75, 3.05) is 7.11 Å². The molecule has 0 amide bonds. The van der Waals surface area contributed by atoms with Gasteiger partial charge in [0.15, 0.2) is 0 Å². The first-order chi connectivity index (χ1) is 8.45. The Balaban J connectivity index is 3.63. The SMILES string of the molecule is C=C/C=C\c1c(C=C)ccc(OC)c1C(C)(C)C. The highest BCUT2D eigenvalue weighted by Crippen LogP contribution is 2.37. The minimum absolute atomic E-state index is 0.00517. The summed E-state index contributed by atoms with van der Waals surface area (Å²) in [5, 5.41) is 0. The fourth-order valence-corrected chi connectivity index (χ4v) is 2.08. The van der Waals surface area contributed by atoms with Crippen molar-refractivity contribution in [3.8, 4) is 5.75 Å². The standard InChI is InChI=1S/C17H22O/c1-7-9-10-14-13(8-2)11-12-15(18-6)16(14)17(3,4)5/h7-12H,1-2H2,3-6H3/b10-9-. The number of benzene rings is 1. The molecule has 1 aromatic carbocycles. The van der Waals surface area contributed by atoms with Crippen molar-refractivity contribution < 1.29 is 4.74 Å². The highest BCUT2D eigenvalue weighted by molar-refractivity contribution is 5.71. The van der Waals surface area contributed by atoms with E-state index in [2.05, 4.69) is 40.0 Å². The summed E-state index contributed by atoms with van der Waals surface area (Å²) in [4.78, 5) is 0. The molecule has 0 N–H and O–H groups in total. The minimum atomic E-state index is 0.00517. The molecule has 1 rings (SSSR count). The van der Waals surface area contributed by atoms with Crippen molar-refractivity contribution in [3.63, 3.8) is 0 Å². The summed E-state index contributed by atoms with van der Waals surface area (Å²) in [7, 11) is 1.71. The van der Waals surface area contributed by atoms with Gasteiger partial charge in [0.25, 0.3) is 0 Å². The number of ether oxygens (including phenoxy) is 1. The second kappa shape index (κ2) is 5.72. The van der Waals surface area contributed by atoms with Crippen molar-refractivity contribution in [1.82, 2.24) is 0 Å². The maximum Gasteiger partial charge on any atom is 0.123 e. The molecule has 0 unspecified atom stereocenters. The summed E-state index contributed by atoms with van der Waals surface area (Å²) in [6.45, 7) is 14.2. The van der Waals surface area contributed by atoms with E-state index in [1.54, 1.807) is 13.2 Å². The van der Waals surface area contributed by atoms with Crippen LogP contribution in [-0.4, -0.2) is 7.11 Å². The highest BCUT2D eigenvalue weighted by Gasteiger charge is 2.23. The first-order valence-corrected chi connectivity index (χ1v) is 6.08. The molecular formula is C17H22O. The van der Waals surface area contributed by atoms with Gasteiger partial charge in [-0.25, -0.2) is 0 Å². The molecule has 0 aliphatic rings. The van der Waals surface area contributed by atoms with Crippen LogP contribution in [0, 0.1) is 0 Å². The molecule has 1 aromatic rings. The lowest BCUT2D eigenvalue weighted by Crippen LogP contribution is -2.15. The molecule has 0 radical (unpaired) electrons. The van der Waals surface area contributed by atoms with Gasteiger partial charge in [0.05, 0.1) is 7.11 Å². The largest absolute Gasteiger partial charge is 0.496 e. The Morgan fingerprint density at radius 2 is 1.83 bits per heavy atom. The number of allylic oxidation sites excluding steroid dienone is 2. The molecule has 96 valence electrons. The maximum atomic E-state index is 5.50. The van der Waals surface area contributed by atoms with Crippen LogP contribution in [0.3, 0.4) is 0 Å². The van der Waals surface area contributed by atoms with E-state index in [9.17, 15) is 0 Å². The van der Waals surface area contributed by atoms with Gasteiger partial charge in [-0.05, 0) is 22.6 Å². The van der Waals surface area contributed by atoms with Crippen molar-refractivity contribution in [2.24, 2.45) is 0 Å². The van der Waals surface area contributed by atoms with E-state index in [0.717, 1.165) is 16.9 Å². The molecule has 0 saturated carbocycles. The molecule has 0 atom stereocenters. The normalized spacial score (nSPS) is 11.6. The Bertz CT molecular complexity index is 473. The van der Waals surface area contributed by atoms with Crippen molar-refractivity contribution >= 4 is 12.2 Å². The molecule has 0 heterocycles. The average molecular weight is 242 g/mol. The van der Waals surface area contributed by atoms with E-state index in [4.69, 9.17) is 4.74 Å². The van der Waals surface area contributed by atoms with E-state index in [-0.39, 0.29) is 5.41 Å². The van der Waals surface area contributed by atoms with E-state index < -0.39 is 0 Å². The van der Waals surface area contributed by atoms with E-state index in [0.29, 0.717) is 0 Å². The lowest BCUT2D eigenvalue weighted by atomic mass is 9.81. The second-order valence-corrected chi connectivity index (χ2v) is 5.19. The highest BCUT2D eigenvalue weighted by atomic mass is 16.5. The predicted octanol–water partition coefficient (Wildman–Crippen LogP) is 4.83. The van der Waals surface area contributed by atoms with Gasteiger partial charge in [-0.3, -0.25) is 0 Å². The topological polar surface area (TPSA) is 9.23 Å². The van der Waals surface area contributed by atoms with Crippen molar-refractivity contribution in [1.29, 1.82) is 0 Å². The Kier molecular flexibility index (Phi) is 4.55. The molecule has 0 aliphatic heterocycles. The molecule has 0 saturated heterocycles. The van der Waals surface area contributed by atoms with Gasteiger partial charge in [-0.1, -0.05) is 64.3 Å². The van der Waals surface area contributed by atoms with Crippen LogP contribution >= 0.6 is 0 Å². The molecule has 18 heavy (non-hydrogen) atoms. The van der Waals surface area contributed by atoms with Gasteiger partial charge in [0.1, 0.15) is 5.75 Å². The summed E-state index contributed by atoms with van der Waals surface area (Å²) in [6.07, 6.45) is 7.65. The number of methoxy groups -OCH3 is 1. The van der Waals surface area contributed by atoms with Gasteiger partial charge in [-0.15, -0.1) is 0 Å². The zero-order chi connectivity index (χ0) is 13.8. The molecule has 1 heteroatoms. The van der Waals surface area contributed by atoms with Crippen LogP contribution in [0.5, 0.6) is 5.75 Å². The Morgan fingerprint density at radius 3 is 2.28 bits per heavy atom. The Labute approximate surface area is 110 Å². The quantitative estimate of drug-likeness (QED) is 0.687. The third-order valence-corrected chi connectivity index (χ3v) is 2.83. The molecule has 0 fully saturated rings. The van der Waals surface area contributed by atoms with Crippen LogP contribution in [0.1, 0.15) is 37.5 Å². The summed E-state index contributed by atoms with van der Waals surface area (Å²) in [5.41, 5.74) is 3.46. The average Bonchev–Trinajstić information content (AvgIpc) is 2.33. The van der Waals surface area contributed by atoms with Crippen LogP contribution in [0.4, 0.5) is 0 Å². The monoisotopic (exact) mass is 242 g/mol. The molecule has 0 aromatic heterocycles. The lowest BCUT2D eigenvalue weighted by molar-refractivity contribution is 0.397. The summed E-state index contributed by atoms with van der Waals surface area (Å²) < 4.78 is 5.50.